The van der Waals surface area contributed by atoms with Gasteiger partial charge in [0.15, 0.2) is 0 Å². The van der Waals surface area contributed by atoms with Crippen molar-refractivity contribution < 1.29 is 19.0 Å². The predicted octanol–water partition coefficient (Wildman–Crippen LogP) is 4.27. The van der Waals surface area contributed by atoms with Crippen molar-refractivity contribution in [3.8, 4) is 17.2 Å². The molecule has 1 atom stereocenters. The van der Waals surface area contributed by atoms with Crippen LogP contribution in [0.25, 0.3) is 0 Å². The molecule has 146 valence electrons. The van der Waals surface area contributed by atoms with Crippen LogP contribution < -0.4 is 14.2 Å². The van der Waals surface area contributed by atoms with Gasteiger partial charge >= 0.3 is 0 Å². The third-order valence-electron chi connectivity index (χ3n) is 4.63. The summed E-state index contributed by atoms with van der Waals surface area (Å²) in [7, 11) is 3.22. The summed E-state index contributed by atoms with van der Waals surface area (Å²) in [6, 6.07) is 22.0. The average Bonchev–Trinajstić information content (AvgIpc) is 2.79. The van der Waals surface area contributed by atoms with Crippen molar-refractivity contribution in [2.75, 3.05) is 14.2 Å². The number of nitrogens with zero attached hydrogens (tertiary/aromatic N) is 2. The van der Waals surface area contributed by atoms with Crippen molar-refractivity contribution in [1.82, 2.24) is 5.01 Å². The molecule has 1 heterocycles. The zero-order valence-electron chi connectivity index (χ0n) is 16.1. The highest BCUT2D eigenvalue weighted by molar-refractivity contribution is 5.98. The molecule has 1 aliphatic heterocycles. The minimum Gasteiger partial charge on any atom is -0.497 e. The molecule has 29 heavy (non-hydrogen) atoms. The molecule has 0 fully saturated rings. The first kappa shape index (κ1) is 18.6. The van der Waals surface area contributed by atoms with E-state index in [-0.39, 0.29) is 5.91 Å². The van der Waals surface area contributed by atoms with Crippen molar-refractivity contribution in [3.05, 3.63) is 89.5 Å². The molecule has 0 bridgehead atoms. The summed E-state index contributed by atoms with van der Waals surface area (Å²) < 4.78 is 16.5. The van der Waals surface area contributed by atoms with E-state index in [1.165, 1.54) is 5.01 Å². The molecule has 6 heteroatoms. The number of hydrogen-bond donors (Lipinski definition) is 0. The molecule has 0 radical (unpaired) electrons. The number of fused-ring (bicyclic) bond motifs is 1. The van der Waals surface area contributed by atoms with E-state index in [0.29, 0.717) is 11.3 Å². The second kappa shape index (κ2) is 8.06. The van der Waals surface area contributed by atoms with Gasteiger partial charge in [-0.15, -0.1) is 0 Å². The molecule has 4 rings (SSSR count). The van der Waals surface area contributed by atoms with E-state index in [2.05, 4.69) is 5.10 Å². The Labute approximate surface area is 168 Å². The van der Waals surface area contributed by atoms with Crippen molar-refractivity contribution in [1.29, 1.82) is 0 Å². The smallest absolute Gasteiger partial charge is 0.281 e. The number of carbonyl (C=O) groups excluding carboxylic acids is 1. The minimum absolute atomic E-state index is 0.225. The summed E-state index contributed by atoms with van der Waals surface area (Å²) in [5.41, 5.74) is 2.11. The fourth-order valence-corrected chi connectivity index (χ4v) is 3.06. The van der Waals surface area contributed by atoms with Crippen LogP contribution in [-0.4, -0.2) is 31.4 Å². The van der Waals surface area contributed by atoms with E-state index >= 15 is 0 Å². The molecule has 6 nitrogen and oxygen atoms in total. The van der Waals surface area contributed by atoms with Gasteiger partial charge < -0.3 is 14.2 Å². The Morgan fingerprint density at radius 2 is 1.52 bits per heavy atom. The van der Waals surface area contributed by atoms with Gasteiger partial charge in [0.05, 0.1) is 26.0 Å². The molecule has 0 aliphatic carbocycles. The molecule has 1 amide bonds. The van der Waals surface area contributed by atoms with Crippen LogP contribution in [0, 0.1) is 0 Å². The Kier molecular flexibility index (Phi) is 5.16. The first-order chi connectivity index (χ1) is 14.2. The third kappa shape index (κ3) is 3.78. The summed E-state index contributed by atoms with van der Waals surface area (Å²) in [5, 5.41) is 5.81. The van der Waals surface area contributed by atoms with Crippen molar-refractivity contribution >= 4 is 12.1 Å². The van der Waals surface area contributed by atoms with Crippen molar-refractivity contribution in [2.24, 2.45) is 5.10 Å². The summed E-state index contributed by atoms with van der Waals surface area (Å²) in [6.45, 7) is 0. The van der Waals surface area contributed by atoms with Crippen LogP contribution in [-0.2, 0) is 0 Å². The Bertz CT molecular complexity index is 1030. The molecule has 0 aromatic heterocycles. The largest absolute Gasteiger partial charge is 0.497 e. The zero-order chi connectivity index (χ0) is 20.2. The molecule has 3 aromatic rings. The second-order valence-electron chi connectivity index (χ2n) is 6.41. The van der Waals surface area contributed by atoms with Crippen LogP contribution >= 0.6 is 0 Å². The zero-order valence-corrected chi connectivity index (χ0v) is 16.1. The van der Waals surface area contributed by atoms with Gasteiger partial charge in [0.1, 0.15) is 17.2 Å². The van der Waals surface area contributed by atoms with Gasteiger partial charge in [0, 0.05) is 5.56 Å². The molecule has 3 aromatic carbocycles. The fraction of sp³-hybridized carbons (Fsp3) is 0.130. The lowest BCUT2D eigenvalue weighted by Crippen LogP contribution is -2.38. The summed E-state index contributed by atoms with van der Waals surface area (Å²) in [5.74, 6) is 1.79. The van der Waals surface area contributed by atoms with Crippen LogP contribution in [0.15, 0.2) is 77.9 Å². The molecule has 1 aliphatic rings. The highest BCUT2D eigenvalue weighted by Crippen LogP contribution is 2.35. The average molecular weight is 388 g/mol. The highest BCUT2D eigenvalue weighted by Gasteiger charge is 2.34. The van der Waals surface area contributed by atoms with Gasteiger partial charge in [-0.1, -0.05) is 12.1 Å². The van der Waals surface area contributed by atoms with E-state index in [1.54, 1.807) is 38.6 Å². The van der Waals surface area contributed by atoms with Crippen LogP contribution in [0.5, 0.6) is 17.2 Å². The lowest BCUT2D eigenvalue weighted by molar-refractivity contribution is 0.00994. The van der Waals surface area contributed by atoms with Crippen LogP contribution in [0.3, 0.4) is 0 Å². The van der Waals surface area contributed by atoms with Crippen LogP contribution in [0.2, 0.25) is 0 Å². The fourth-order valence-electron chi connectivity index (χ4n) is 3.06. The second-order valence-corrected chi connectivity index (χ2v) is 6.41. The maximum atomic E-state index is 13.1. The number of ether oxygens (including phenoxy) is 3. The maximum absolute atomic E-state index is 13.1. The maximum Gasteiger partial charge on any atom is 0.281 e. The monoisotopic (exact) mass is 388 g/mol. The summed E-state index contributed by atoms with van der Waals surface area (Å²) >= 11 is 0. The SMILES string of the molecule is COc1ccc(/C=N/N2C(=O)c3ccccc3OC2c2ccc(OC)cc2)cc1. The van der Waals surface area contributed by atoms with Crippen LogP contribution in [0.1, 0.15) is 27.7 Å². The highest BCUT2D eigenvalue weighted by atomic mass is 16.5. The quantitative estimate of drug-likeness (QED) is 0.613. The number of methoxy groups -OCH3 is 2. The lowest BCUT2D eigenvalue weighted by Gasteiger charge is -2.33. The number of amides is 1. The number of rotatable bonds is 5. The Balaban J connectivity index is 1.69. The first-order valence-corrected chi connectivity index (χ1v) is 9.11. The Morgan fingerprint density at radius 1 is 0.897 bits per heavy atom. The van der Waals surface area contributed by atoms with Gasteiger partial charge in [-0.05, 0) is 66.2 Å². The van der Waals surface area contributed by atoms with Gasteiger partial charge in [0.25, 0.3) is 5.91 Å². The Hall–Kier alpha value is -3.80. The van der Waals surface area contributed by atoms with E-state index in [9.17, 15) is 4.79 Å². The normalized spacial score (nSPS) is 15.7. The number of para-hydroxylation sites is 1. The van der Waals surface area contributed by atoms with E-state index in [1.807, 2.05) is 54.6 Å². The number of carbonyl (C=O) groups is 1. The third-order valence-corrected chi connectivity index (χ3v) is 4.63. The predicted molar refractivity (Wildman–Crippen MR) is 110 cm³/mol. The molecule has 1 unspecified atom stereocenters. The van der Waals surface area contributed by atoms with Crippen molar-refractivity contribution in [2.45, 2.75) is 6.23 Å². The molecule has 0 saturated carbocycles. The topological polar surface area (TPSA) is 60.4 Å². The van der Waals surface area contributed by atoms with E-state index < -0.39 is 6.23 Å². The summed E-state index contributed by atoms with van der Waals surface area (Å²) in [4.78, 5) is 13.1. The minimum atomic E-state index is -0.683. The van der Waals surface area contributed by atoms with Crippen LogP contribution in [0.4, 0.5) is 0 Å². The first-order valence-electron chi connectivity index (χ1n) is 9.11. The molecular weight excluding hydrogens is 368 g/mol. The Morgan fingerprint density at radius 3 is 2.17 bits per heavy atom. The van der Waals surface area contributed by atoms with E-state index in [4.69, 9.17) is 14.2 Å². The van der Waals surface area contributed by atoms with Gasteiger partial charge in [0.2, 0.25) is 6.23 Å². The van der Waals surface area contributed by atoms with Crippen molar-refractivity contribution in [3.63, 3.8) is 0 Å². The van der Waals surface area contributed by atoms with Gasteiger partial charge in [-0.2, -0.15) is 10.1 Å². The number of hydrogen-bond acceptors (Lipinski definition) is 5. The number of benzene rings is 3. The molecule has 0 N–H and O–H groups in total. The standard InChI is InChI=1S/C23H20N2O4/c1-27-18-11-7-16(8-12-18)15-24-25-22(26)20-5-3-4-6-21(20)29-23(25)17-9-13-19(28-2)14-10-17/h3-15,23H,1-2H3/b24-15+. The van der Waals surface area contributed by atoms with Gasteiger partial charge in [-0.25, -0.2) is 0 Å². The summed E-state index contributed by atoms with van der Waals surface area (Å²) in [6.07, 6.45) is 0.948. The van der Waals surface area contributed by atoms with E-state index in [0.717, 1.165) is 22.6 Å². The lowest BCUT2D eigenvalue weighted by atomic mass is 10.1. The number of hydrazone groups is 1. The molecular formula is C23H20N2O4. The molecule has 0 spiro atoms. The van der Waals surface area contributed by atoms with Gasteiger partial charge in [-0.3, -0.25) is 4.79 Å². The molecule has 0 saturated heterocycles.